The van der Waals surface area contributed by atoms with E-state index in [0.717, 1.165) is 27.0 Å². The molecule has 4 heterocycles. The summed E-state index contributed by atoms with van der Waals surface area (Å²) < 4.78 is 47.5. The molecular weight excluding hydrogens is 481 g/mol. The number of halogens is 3. The van der Waals surface area contributed by atoms with E-state index in [-0.39, 0.29) is 35.4 Å². The van der Waals surface area contributed by atoms with E-state index in [0.29, 0.717) is 43.8 Å². The van der Waals surface area contributed by atoms with Crippen LogP contribution in [0.4, 0.5) is 18.3 Å². The first-order chi connectivity index (χ1) is 16.7. The van der Waals surface area contributed by atoms with Crippen molar-refractivity contribution in [2.45, 2.75) is 57.3 Å². The van der Waals surface area contributed by atoms with Gasteiger partial charge in [0.15, 0.2) is 21.3 Å². The van der Waals surface area contributed by atoms with Crippen LogP contribution in [0.15, 0.2) is 29.1 Å². The summed E-state index contributed by atoms with van der Waals surface area (Å²) in [5, 5.41) is 0.364. The van der Waals surface area contributed by atoms with Gasteiger partial charge in [-0.1, -0.05) is 35.6 Å². The van der Waals surface area contributed by atoms with E-state index in [2.05, 4.69) is 9.97 Å². The summed E-state index contributed by atoms with van der Waals surface area (Å²) in [5.41, 5.74) is 1.37. The summed E-state index contributed by atoms with van der Waals surface area (Å²) in [6.45, 7) is 3.14. The second-order valence-electron chi connectivity index (χ2n) is 8.99. The maximum Gasteiger partial charge on any atom is 0.449 e. The summed E-state index contributed by atoms with van der Waals surface area (Å²) in [6, 6.07) is 6.87. The van der Waals surface area contributed by atoms with Gasteiger partial charge >= 0.3 is 6.18 Å². The molecule has 11 heteroatoms. The van der Waals surface area contributed by atoms with Gasteiger partial charge in [0, 0.05) is 32.2 Å². The molecule has 2 fully saturated rings. The molecule has 35 heavy (non-hydrogen) atoms. The van der Waals surface area contributed by atoms with E-state index >= 15 is 0 Å². The molecule has 0 spiro atoms. The third kappa shape index (κ3) is 4.58. The normalized spacial score (nSPS) is 19.2. The summed E-state index contributed by atoms with van der Waals surface area (Å²) in [7, 11) is 0. The number of ether oxygens (including phenoxy) is 1. The van der Waals surface area contributed by atoms with Crippen molar-refractivity contribution in [1.82, 2.24) is 14.5 Å². The summed E-state index contributed by atoms with van der Waals surface area (Å²) in [6.07, 6.45) is -2.53. The van der Waals surface area contributed by atoms with Crippen molar-refractivity contribution < 1.29 is 22.7 Å². The van der Waals surface area contributed by atoms with Crippen molar-refractivity contribution in [2.75, 3.05) is 24.7 Å². The zero-order valence-electron chi connectivity index (χ0n) is 19.2. The number of alkyl halides is 3. The molecule has 7 nitrogen and oxygen atoms in total. The van der Waals surface area contributed by atoms with E-state index in [1.165, 1.54) is 0 Å². The lowest BCUT2D eigenvalue weighted by Gasteiger charge is -2.39. The number of aryl methyl sites for hydroxylation is 2. The van der Waals surface area contributed by atoms with Crippen LogP contribution in [0, 0.1) is 6.92 Å². The summed E-state index contributed by atoms with van der Waals surface area (Å²) in [5.74, 6) is -1.14. The van der Waals surface area contributed by atoms with Gasteiger partial charge in [0.1, 0.15) is 0 Å². The second kappa shape index (κ2) is 9.34. The summed E-state index contributed by atoms with van der Waals surface area (Å²) in [4.78, 5) is 36.0. The average Bonchev–Trinajstić information content (AvgIpc) is 3.21. The fourth-order valence-corrected chi connectivity index (χ4v) is 5.75. The van der Waals surface area contributed by atoms with Gasteiger partial charge in [-0.15, -0.1) is 0 Å². The average molecular weight is 507 g/mol. The highest BCUT2D eigenvalue weighted by atomic mass is 32.1. The zero-order chi connectivity index (χ0) is 24.7. The number of anilines is 1. The maximum absolute atomic E-state index is 13.9. The monoisotopic (exact) mass is 506 g/mol. The molecule has 0 bridgehead atoms. The maximum atomic E-state index is 13.9. The van der Waals surface area contributed by atoms with E-state index in [1.807, 2.05) is 31.2 Å². The van der Waals surface area contributed by atoms with E-state index in [4.69, 9.17) is 4.74 Å². The van der Waals surface area contributed by atoms with Crippen molar-refractivity contribution >= 4 is 32.6 Å². The Morgan fingerprint density at radius 1 is 1.17 bits per heavy atom. The van der Waals surface area contributed by atoms with Crippen LogP contribution >= 0.6 is 11.3 Å². The van der Waals surface area contributed by atoms with E-state index in [1.54, 1.807) is 4.90 Å². The third-order valence-electron chi connectivity index (χ3n) is 6.80. The highest BCUT2D eigenvalue weighted by Gasteiger charge is 2.41. The molecule has 0 N–H and O–H groups in total. The van der Waals surface area contributed by atoms with Gasteiger partial charge in [-0.25, -0.2) is 9.97 Å². The van der Waals surface area contributed by atoms with Crippen molar-refractivity contribution in [3.05, 3.63) is 51.6 Å². The molecule has 0 saturated carbocycles. The molecule has 0 amide bonds. The molecule has 2 aliphatic rings. The van der Waals surface area contributed by atoms with Crippen molar-refractivity contribution in [1.29, 1.82) is 0 Å². The third-order valence-corrected chi connectivity index (χ3v) is 7.79. The number of thiazole rings is 1. The van der Waals surface area contributed by atoms with Gasteiger partial charge in [0.05, 0.1) is 6.04 Å². The van der Waals surface area contributed by atoms with Gasteiger partial charge in [-0.05, 0) is 43.7 Å². The van der Waals surface area contributed by atoms with Crippen LogP contribution in [0.5, 0.6) is 0 Å². The minimum Gasteiger partial charge on any atom is -0.381 e. The summed E-state index contributed by atoms with van der Waals surface area (Å²) >= 11 is 0.933. The predicted molar refractivity (Wildman–Crippen MR) is 126 cm³/mol. The lowest BCUT2D eigenvalue weighted by atomic mass is 9.94. The van der Waals surface area contributed by atoms with Crippen LogP contribution in [0.1, 0.15) is 48.7 Å². The molecular formula is C24H25F3N4O3S. The number of hydrogen-bond donors (Lipinski definition) is 0. The topological polar surface area (TPSA) is 77.3 Å². The predicted octanol–water partition coefficient (Wildman–Crippen LogP) is 4.31. The van der Waals surface area contributed by atoms with Crippen LogP contribution in [0.3, 0.4) is 0 Å². The standard InChI is InChI=1S/C24H25F3N4O3S/c1-14-4-2-3-5-15(14)6-7-18(32)17-8-11-30(17)23-28-19-20(35-23)29-22(24(25,26)27)31(21(19)33)16-9-12-34-13-10-16/h2-5,16-17H,6-13H2,1H3/t17-/m1/s1. The van der Waals surface area contributed by atoms with Gasteiger partial charge in [0.25, 0.3) is 5.56 Å². The number of ketones is 1. The number of fused-ring (bicyclic) bond motifs is 1. The molecule has 0 aliphatic carbocycles. The molecule has 0 unspecified atom stereocenters. The Labute approximate surface area is 203 Å². The molecule has 2 aliphatic heterocycles. The highest BCUT2D eigenvalue weighted by molar-refractivity contribution is 7.21. The zero-order valence-corrected chi connectivity index (χ0v) is 20.0. The Morgan fingerprint density at radius 2 is 1.91 bits per heavy atom. The van der Waals surface area contributed by atoms with Crippen molar-refractivity contribution in [3.8, 4) is 0 Å². The number of hydrogen-bond acceptors (Lipinski definition) is 7. The molecule has 2 saturated heterocycles. The van der Waals surface area contributed by atoms with Gasteiger partial charge < -0.3 is 9.64 Å². The molecule has 186 valence electrons. The first-order valence-corrected chi connectivity index (χ1v) is 12.5. The number of nitrogens with zero attached hydrogens (tertiary/aromatic N) is 4. The minimum atomic E-state index is -4.78. The second-order valence-corrected chi connectivity index (χ2v) is 9.95. The molecule has 2 aromatic heterocycles. The largest absolute Gasteiger partial charge is 0.449 e. The van der Waals surface area contributed by atoms with Crippen LogP contribution in [0.25, 0.3) is 10.3 Å². The SMILES string of the molecule is Cc1ccccc1CCC(=O)[C@H]1CCN1c1nc2c(=O)n(C3CCOCC3)c(C(F)(F)F)nc2s1. The number of Topliss-reactive ketones (excluding diaryl/α,β-unsaturated/α-hetero) is 1. The van der Waals surface area contributed by atoms with Crippen LogP contribution in [-0.4, -0.2) is 46.1 Å². The minimum absolute atomic E-state index is 0.0568. The molecule has 0 radical (unpaired) electrons. The quantitative estimate of drug-likeness (QED) is 0.496. The van der Waals surface area contributed by atoms with Gasteiger partial charge in [-0.3, -0.25) is 14.2 Å². The Morgan fingerprint density at radius 3 is 2.57 bits per heavy atom. The first-order valence-electron chi connectivity index (χ1n) is 11.7. The molecule has 1 aromatic carbocycles. The number of aromatic nitrogens is 3. The Kier molecular flexibility index (Phi) is 6.39. The molecule has 3 aromatic rings. The first kappa shape index (κ1) is 23.9. The Hall–Kier alpha value is -2.79. The number of benzene rings is 1. The number of rotatable bonds is 6. The van der Waals surface area contributed by atoms with Crippen LogP contribution in [0.2, 0.25) is 0 Å². The lowest BCUT2D eigenvalue weighted by molar-refractivity contribution is -0.149. The van der Waals surface area contributed by atoms with Gasteiger partial charge in [0.2, 0.25) is 5.82 Å². The Balaban J connectivity index is 1.42. The fourth-order valence-electron chi connectivity index (χ4n) is 4.75. The van der Waals surface area contributed by atoms with Crippen molar-refractivity contribution in [3.63, 3.8) is 0 Å². The van der Waals surface area contributed by atoms with E-state index < -0.39 is 23.6 Å². The van der Waals surface area contributed by atoms with Crippen LogP contribution < -0.4 is 10.5 Å². The Bertz CT molecular complexity index is 1310. The van der Waals surface area contributed by atoms with Crippen molar-refractivity contribution in [2.24, 2.45) is 0 Å². The molecule has 5 rings (SSSR count). The lowest BCUT2D eigenvalue weighted by Crippen LogP contribution is -2.52. The smallest absolute Gasteiger partial charge is 0.381 e. The fraction of sp³-hybridized carbons (Fsp3) is 0.500. The molecule has 1 atom stereocenters. The number of carbonyl (C=O) groups excluding carboxylic acids is 1. The van der Waals surface area contributed by atoms with Gasteiger partial charge in [-0.2, -0.15) is 13.2 Å². The van der Waals surface area contributed by atoms with E-state index in [9.17, 15) is 22.8 Å². The number of carbonyl (C=O) groups is 1. The van der Waals surface area contributed by atoms with Crippen LogP contribution in [-0.2, 0) is 22.1 Å². The highest BCUT2D eigenvalue weighted by Crippen LogP contribution is 2.36.